The monoisotopic (exact) mass is 338 g/mol. The van der Waals surface area contributed by atoms with Gasteiger partial charge in [0.05, 0.1) is 11.4 Å². The molecule has 0 aliphatic rings. The average Bonchev–Trinajstić information content (AvgIpc) is 3.01. The van der Waals surface area contributed by atoms with Gasteiger partial charge in [-0.1, -0.05) is 35.9 Å². The van der Waals surface area contributed by atoms with Crippen LogP contribution >= 0.6 is 11.3 Å². The smallest absolute Gasteiger partial charge is 0.271 e. The maximum Gasteiger partial charge on any atom is 0.271 e. The first-order valence-corrected chi connectivity index (χ1v) is 8.51. The van der Waals surface area contributed by atoms with Crippen molar-refractivity contribution in [3.05, 3.63) is 71.2 Å². The van der Waals surface area contributed by atoms with E-state index in [9.17, 15) is 4.79 Å². The van der Waals surface area contributed by atoms with Gasteiger partial charge in [0.2, 0.25) is 0 Å². The number of nitrogens with zero attached hydrogens (tertiary/aromatic N) is 2. The first-order valence-electron chi connectivity index (χ1n) is 7.63. The topological polar surface area (TPSA) is 42.4 Å². The van der Waals surface area contributed by atoms with E-state index in [0.717, 1.165) is 16.9 Å². The Morgan fingerprint density at radius 1 is 1.08 bits per heavy atom. The van der Waals surface area contributed by atoms with E-state index >= 15 is 0 Å². The molecule has 0 saturated carbocycles. The van der Waals surface area contributed by atoms with Crippen LogP contribution in [-0.4, -0.2) is 17.5 Å². The van der Waals surface area contributed by atoms with Crippen molar-refractivity contribution < 1.29 is 9.53 Å². The summed E-state index contributed by atoms with van der Waals surface area (Å²) in [7, 11) is 0. The molecule has 1 amide bonds. The number of ether oxygens (including phenoxy) is 1. The molecule has 3 aromatic rings. The normalized spacial score (nSPS) is 10.4. The van der Waals surface area contributed by atoms with E-state index in [-0.39, 0.29) is 12.5 Å². The van der Waals surface area contributed by atoms with Gasteiger partial charge in [0, 0.05) is 5.38 Å². The third-order valence-electron chi connectivity index (χ3n) is 3.45. The maximum absolute atomic E-state index is 12.8. The Morgan fingerprint density at radius 2 is 1.79 bits per heavy atom. The molecule has 4 nitrogen and oxygen atoms in total. The number of benzene rings is 2. The van der Waals surface area contributed by atoms with Gasteiger partial charge in [-0.15, -0.1) is 11.3 Å². The Labute approximate surface area is 145 Å². The number of aryl methyl sites for hydroxylation is 2. The van der Waals surface area contributed by atoms with Crippen molar-refractivity contribution in [3.63, 3.8) is 0 Å². The largest absolute Gasteiger partial charge is 0.484 e. The van der Waals surface area contributed by atoms with Gasteiger partial charge < -0.3 is 4.74 Å². The van der Waals surface area contributed by atoms with Crippen molar-refractivity contribution in [2.45, 2.75) is 13.8 Å². The number of hydrogen-bond donors (Lipinski definition) is 0. The lowest BCUT2D eigenvalue weighted by Crippen LogP contribution is -2.30. The predicted molar refractivity (Wildman–Crippen MR) is 97.1 cm³/mol. The van der Waals surface area contributed by atoms with Crippen LogP contribution in [0.3, 0.4) is 0 Å². The molecule has 1 heterocycles. The predicted octanol–water partition coefficient (Wildman–Crippen LogP) is 4.50. The molecular formula is C19H18N2O2S. The molecule has 0 N–H and O–H groups in total. The van der Waals surface area contributed by atoms with E-state index in [1.54, 1.807) is 4.90 Å². The van der Waals surface area contributed by atoms with Gasteiger partial charge in [0.25, 0.3) is 5.91 Å². The van der Waals surface area contributed by atoms with Crippen LogP contribution in [0.2, 0.25) is 0 Å². The number of para-hydroxylation sites is 1. The summed E-state index contributed by atoms with van der Waals surface area (Å²) in [6, 6.07) is 17.1. The molecule has 0 radical (unpaired) electrons. The van der Waals surface area contributed by atoms with Gasteiger partial charge >= 0.3 is 0 Å². The van der Waals surface area contributed by atoms with Crippen molar-refractivity contribution in [3.8, 4) is 5.75 Å². The first kappa shape index (κ1) is 16.2. The summed E-state index contributed by atoms with van der Waals surface area (Å²) in [5.74, 6) is 0.522. The van der Waals surface area contributed by atoms with Crippen LogP contribution in [0.15, 0.2) is 60.0 Å². The van der Waals surface area contributed by atoms with Crippen molar-refractivity contribution in [1.29, 1.82) is 0 Å². The molecule has 0 unspecified atom stereocenters. The second kappa shape index (κ2) is 7.27. The Hall–Kier alpha value is -2.66. The fourth-order valence-corrected chi connectivity index (χ4v) is 3.06. The number of rotatable bonds is 5. The minimum Gasteiger partial charge on any atom is -0.484 e. The average molecular weight is 338 g/mol. The fourth-order valence-electron chi connectivity index (χ4n) is 2.23. The number of carbonyl (C=O) groups excluding carboxylic acids is 1. The zero-order valence-corrected chi connectivity index (χ0v) is 14.4. The SMILES string of the molecule is Cc1ccc(OCC(=O)N(c2ccccc2)c2nc(C)cs2)cc1. The second-order valence-electron chi connectivity index (χ2n) is 5.44. The van der Waals surface area contributed by atoms with Gasteiger partial charge in [0.1, 0.15) is 5.75 Å². The van der Waals surface area contributed by atoms with Crippen molar-refractivity contribution in [1.82, 2.24) is 4.98 Å². The van der Waals surface area contributed by atoms with Crippen LogP contribution in [0.5, 0.6) is 5.75 Å². The Morgan fingerprint density at radius 3 is 2.42 bits per heavy atom. The molecular weight excluding hydrogens is 320 g/mol. The lowest BCUT2D eigenvalue weighted by Gasteiger charge is -2.20. The Bertz CT molecular complexity index is 813. The minimum absolute atomic E-state index is 0.0451. The standard InChI is InChI=1S/C19H18N2O2S/c1-14-8-10-17(11-9-14)23-12-18(22)21(16-6-4-3-5-7-16)19-20-15(2)13-24-19/h3-11,13H,12H2,1-2H3. The van der Waals surface area contributed by atoms with Gasteiger partial charge in [-0.2, -0.15) is 0 Å². The quantitative estimate of drug-likeness (QED) is 0.688. The molecule has 24 heavy (non-hydrogen) atoms. The highest BCUT2D eigenvalue weighted by Gasteiger charge is 2.21. The number of anilines is 2. The van der Waals surface area contributed by atoms with Gasteiger partial charge in [-0.25, -0.2) is 4.98 Å². The second-order valence-corrected chi connectivity index (χ2v) is 6.27. The summed E-state index contributed by atoms with van der Waals surface area (Å²) in [4.78, 5) is 18.8. The molecule has 0 aliphatic carbocycles. The molecule has 0 saturated heterocycles. The molecule has 122 valence electrons. The van der Waals surface area contributed by atoms with E-state index < -0.39 is 0 Å². The number of amides is 1. The highest BCUT2D eigenvalue weighted by atomic mass is 32.1. The summed E-state index contributed by atoms with van der Waals surface area (Å²) in [5.41, 5.74) is 2.82. The van der Waals surface area contributed by atoms with Crippen LogP contribution in [0.25, 0.3) is 0 Å². The lowest BCUT2D eigenvalue weighted by molar-refractivity contribution is -0.119. The Balaban J connectivity index is 1.80. The van der Waals surface area contributed by atoms with Crippen LogP contribution in [0.1, 0.15) is 11.3 Å². The van der Waals surface area contributed by atoms with Crippen molar-refractivity contribution in [2.75, 3.05) is 11.5 Å². The molecule has 2 aromatic carbocycles. The zero-order valence-electron chi connectivity index (χ0n) is 13.6. The Kier molecular flexibility index (Phi) is 4.91. The molecule has 1 aromatic heterocycles. The summed E-state index contributed by atoms with van der Waals surface area (Å²) in [5, 5.41) is 2.58. The number of aromatic nitrogens is 1. The van der Waals surface area contributed by atoms with Crippen LogP contribution < -0.4 is 9.64 Å². The highest BCUT2D eigenvalue weighted by molar-refractivity contribution is 7.14. The lowest BCUT2D eigenvalue weighted by atomic mass is 10.2. The van der Waals surface area contributed by atoms with Crippen molar-refractivity contribution in [2.24, 2.45) is 0 Å². The van der Waals surface area contributed by atoms with Gasteiger partial charge in [-0.3, -0.25) is 9.69 Å². The molecule has 0 spiro atoms. The molecule has 5 heteroatoms. The fraction of sp³-hybridized carbons (Fsp3) is 0.158. The minimum atomic E-state index is -0.156. The number of carbonyl (C=O) groups is 1. The summed E-state index contributed by atoms with van der Waals surface area (Å²) < 4.78 is 5.64. The zero-order chi connectivity index (χ0) is 16.9. The van der Waals surface area contributed by atoms with E-state index in [1.165, 1.54) is 11.3 Å². The number of hydrogen-bond acceptors (Lipinski definition) is 4. The summed E-state index contributed by atoms with van der Waals surface area (Å²) >= 11 is 1.44. The van der Waals surface area contributed by atoms with E-state index in [1.807, 2.05) is 73.8 Å². The van der Waals surface area contributed by atoms with Gasteiger partial charge in [-0.05, 0) is 38.1 Å². The summed E-state index contributed by atoms with van der Waals surface area (Å²) in [6.07, 6.45) is 0. The van der Waals surface area contributed by atoms with Crippen LogP contribution in [0.4, 0.5) is 10.8 Å². The van der Waals surface area contributed by atoms with Crippen LogP contribution in [0, 0.1) is 13.8 Å². The number of thiazole rings is 1. The summed E-state index contributed by atoms with van der Waals surface area (Å²) in [6.45, 7) is 3.88. The maximum atomic E-state index is 12.8. The third kappa shape index (κ3) is 3.81. The van der Waals surface area contributed by atoms with E-state index in [4.69, 9.17) is 4.74 Å². The van der Waals surface area contributed by atoms with E-state index in [0.29, 0.717) is 10.9 Å². The van der Waals surface area contributed by atoms with Gasteiger partial charge in [0.15, 0.2) is 11.7 Å². The molecule has 0 atom stereocenters. The molecule has 3 rings (SSSR count). The van der Waals surface area contributed by atoms with Crippen LogP contribution in [-0.2, 0) is 4.79 Å². The van der Waals surface area contributed by atoms with E-state index in [2.05, 4.69) is 4.98 Å². The molecule has 0 fully saturated rings. The van der Waals surface area contributed by atoms with Crippen molar-refractivity contribution >= 4 is 28.1 Å². The molecule has 0 aliphatic heterocycles. The first-order chi connectivity index (χ1) is 11.6. The highest BCUT2D eigenvalue weighted by Crippen LogP contribution is 2.28. The molecule has 0 bridgehead atoms. The third-order valence-corrected chi connectivity index (χ3v) is 4.39.